The number of fused-ring (bicyclic) bond motifs is 1. The summed E-state index contributed by atoms with van der Waals surface area (Å²) in [6.07, 6.45) is 9.02. The van der Waals surface area contributed by atoms with E-state index in [0.717, 1.165) is 24.2 Å². The quantitative estimate of drug-likeness (QED) is 0.857. The van der Waals surface area contributed by atoms with Crippen LogP contribution in [0.4, 0.5) is 0 Å². The molecule has 0 aromatic carbocycles. The third-order valence-corrected chi connectivity index (χ3v) is 3.38. The van der Waals surface area contributed by atoms with Crippen molar-refractivity contribution in [1.29, 1.82) is 0 Å². The standard InChI is InChI=1S/C12H15N5/c1-2-9(1)11-15-12-14-6-8(7-17(12)16-11)5-13-10-3-4-10/h6-7,9-10,13H,1-5H2. The van der Waals surface area contributed by atoms with Crippen molar-refractivity contribution in [3.05, 3.63) is 23.8 Å². The third kappa shape index (κ3) is 1.91. The van der Waals surface area contributed by atoms with Gasteiger partial charge in [-0.2, -0.15) is 4.98 Å². The van der Waals surface area contributed by atoms with Gasteiger partial charge in [0.2, 0.25) is 0 Å². The number of hydrogen-bond donors (Lipinski definition) is 1. The molecule has 0 radical (unpaired) electrons. The molecule has 0 aliphatic heterocycles. The Morgan fingerprint density at radius 2 is 2.18 bits per heavy atom. The molecule has 2 aliphatic carbocycles. The zero-order valence-corrected chi connectivity index (χ0v) is 9.63. The molecule has 2 saturated carbocycles. The summed E-state index contributed by atoms with van der Waals surface area (Å²) < 4.78 is 1.82. The van der Waals surface area contributed by atoms with Gasteiger partial charge in [0.15, 0.2) is 5.82 Å². The molecule has 1 N–H and O–H groups in total. The van der Waals surface area contributed by atoms with E-state index in [2.05, 4.69) is 20.4 Å². The molecule has 0 bridgehead atoms. The molecule has 0 saturated heterocycles. The van der Waals surface area contributed by atoms with Gasteiger partial charge in [0.1, 0.15) is 0 Å². The highest BCUT2D eigenvalue weighted by molar-refractivity contribution is 5.29. The first-order valence-electron chi connectivity index (χ1n) is 6.33. The smallest absolute Gasteiger partial charge is 0.252 e. The number of aromatic nitrogens is 4. The zero-order chi connectivity index (χ0) is 11.2. The maximum absolute atomic E-state index is 4.49. The first kappa shape index (κ1) is 9.53. The monoisotopic (exact) mass is 229 g/mol. The Morgan fingerprint density at radius 3 is 2.94 bits per heavy atom. The second-order valence-electron chi connectivity index (χ2n) is 5.11. The molecule has 4 rings (SSSR count). The lowest BCUT2D eigenvalue weighted by molar-refractivity contribution is 0.680. The highest BCUT2D eigenvalue weighted by Crippen LogP contribution is 2.37. The molecule has 88 valence electrons. The van der Waals surface area contributed by atoms with Crippen molar-refractivity contribution < 1.29 is 0 Å². The van der Waals surface area contributed by atoms with E-state index in [0.29, 0.717) is 5.92 Å². The molecule has 2 aromatic heterocycles. The fraction of sp³-hybridized carbons (Fsp3) is 0.583. The normalized spacial score (nSPS) is 20.0. The molecule has 2 aliphatic rings. The van der Waals surface area contributed by atoms with Gasteiger partial charge in [0.25, 0.3) is 5.78 Å². The second kappa shape index (κ2) is 3.50. The number of rotatable bonds is 4. The molecular weight excluding hydrogens is 214 g/mol. The van der Waals surface area contributed by atoms with E-state index in [1.807, 2.05) is 16.9 Å². The SMILES string of the molecule is c1nc2nc(C3CC3)nn2cc1CNC1CC1. The van der Waals surface area contributed by atoms with Gasteiger partial charge in [-0.3, -0.25) is 0 Å². The van der Waals surface area contributed by atoms with Crippen molar-refractivity contribution in [2.24, 2.45) is 0 Å². The fourth-order valence-corrected chi connectivity index (χ4v) is 1.99. The van der Waals surface area contributed by atoms with Crippen LogP contribution in [0.25, 0.3) is 5.78 Å². The zero-order valence-electron chi connectivity index (χ0n) is 9.63. The highest BCUT2D eigenvalue weighted by Gasteiger charge is 2.28. The Kier molecular flexibility index (Phi) is 1.96. The second-order valence-corrected chi connectivity index (χ2v) is 5.11. The van der Waals surface area contributed by atoms with E-state index in [1.165, 1.54) is 31.2 Å². The van der Waals surface area contributed by atoms with E-state index in [9.17, 15) is 0 Å². The van der Waals surface area contributed by atoms with E-state index in [1.54, 1.807) is 0 Å². The molecule has 5 nitrogen and oxygen atoms in total. The Hall–Kier alpha value is -1.49. The maximum Gasteiger partial charge on any atom is 0.252 e. The van der Waals surface area contributed by atoms with Gasteiger partial charge >= 0.3 is 0 Å². The van der Waals surface area contributed by atoms with Crippen LogP contribution < -0.4 is 5.32 Å². The van der Waals surface area contributed by atoms with Crippen LogP contribution >= 0.6 is 0 Å². The van der Waals surface area contributed by atoms with E-state index < -0.39 is 0 Å². The van der Waals surface area contributed by atoms with Crippen molar-refractivity contribution >= 4 is 5.78 Å². The highest BCUT2D eigenvalue weighted by atomic mass is 15.3. The Labute approximate surface area is 99.3 Å². The van der Waals surface area contributed by atoms with Crippen molar-refractivity contribution in [3.8, 4) is 0 Å². The van der Waals surface area contributed by atoms with Gasteiger partial charge in [-0.05, 0) is 25.7 Å². The van der Waals surface area contributed by atoms with E-state index >= 15 is 0 Å². The van der Waals surface area contributed by atoms with Crippen LogP contribution in [0.2, 0.25) is 0 Å². The van der Waals surface area contributed by atoms with Gasteiger partial charge in [-0.15, -0.1) is 5.10 Å². The average Bonchev–Trinajstić information content (AvgIpc) is 3.23. The van der Waals surface area contributed by atoms with Gasteiger partial charge in [0, 0.05) is 36.5 Å². The lowest BCUT2D eigenvalue weighted by Crippen LogP contribution is -2.15. The Morgan fingerprint density at radius 1 is 1.29 bits per heavy atom. The molecule has 2 aromatic rings. The van der Waals surface area contributed by atoms with E-state index in [4.69, 9.17) is 0 Å². The van der Waals surface area contributed by atoms with Gasteiger partial charge in [-0.1, -0.05) is 0 Å². The molecule has 0 atom stereocenters. The van der Waals surface area contributed by atoms with Crippen LogP contribution in [-0.4, -0.2) is 25.6 Å². The molecule has 5 heteroatoms. The molecule has 2 heterocycles. The van der Waals surface area contributed by atoms with Crippen molar-refractivity contribution in [2.75, 3.05) is 0 Å². The van der Waals surface area contributed by atoms with E-state index in [-0.39, 0.29) is 0 Å². The first-order valence-corrected chi connectivity index (χ1v) is 6.33. The van der Waals surface area contributed by atoms with Gasteiger partial charge in [-0.25, -0.2) is 9.50 Å². The summed E-state index contributed by atoms with van der Waals surface area (Å²) in [4.78, 5) is 8.80. The summed E-state index contributed by atoms with van der Waals surface area (Å²) in [5, 5.41) is 7.97. The predicted molar refractivity (Wildman–Crippen MR) is 62.6 cm³/mol. The minimum atomic E-state index is 0.588. The minimum Gasteiger partial charge on any atom is -0.310 e. The Balaban J connectivity index is 1.60. The van der Waals surface area contributed by atoms with Crippen molar-refractivity contribution in [3.63, 3.8) is 0 Å². The predicted octanol–water partition coefficient (Wildman–Crippen LogP) is 1.25. The van der Waals surface area contributed by atoms with Gasteiger partial charge < -0.3 is 5.32 Å². The molecule has 0 spiro atoms. The molecule has 0 amide bonds. The van der Waals surface area contributed by atoms with Crippen molar-refractivity contribution in [1.82, 2.24) is 24.9 Å². The van der Waals surface area contributed by atoms with Crippen LogP contribution in [0.3, 0.4) is 0 Å². The molecular formula is C12H15N5. The molecule has 17 heavy (non-hydrogen) atoms. The van der Waals surface area contributed by atoms with Gasteiger partial charge in [0.05, 0.1) is 0 Å². The average molecular weight is 229 g/mol. The summed E-state index contributed by atoms with van der Waals surface area (Å²) in [6.45, 7) is 0.881. The summed E-state index contributed by atoms with van der Waals surface area (Å²) in [6, 6.07) is 0.725. The topological polar surface area (TPSA) is 55.1 Å². The largest absolute Gasteiger partial charge is 0.310 e. The number of hydrogen-bond acceptors (Lipinski definition) is 4. The summed E-state index contributed by atoms with van der Waals surface area (Å²) in [7, 11) is 0. The lowest BCUT2D eigenvalue weighted by atomic mass is 10.3. The first-order chi connectivity index (χ1) is 8.38. The minimum absolute atomic E-state index is 0.588. The van der Waals surface area contributed by atoms with Crippen LogP contribution in [0, 0.1) is 0 Å². The number of nitrogens with one attached hydrogen (secondary N) is 1. The Bertz CT molecular complexity index is 553. The summed E-state index contributed by atoms with van der Waals surface area (Å²) in [5.41, 5.74) is 1.18. The summed E-state index contributed by atoms with van der Waals surface area (Å²) >= 11 is 0. The maximum atomic E-state index is 4.49. The van der Waals surface area contributed by atoms with Crippen LogP contribution in [0.1, 0.15) is 43.0 Å². The van der Waals surface area contributed by atoms with Crippen LogP contribution in [-0.2, 0) is 6.54 Å². The molecule has 0 unspecified atom stereocenters. The fourth-order valence-electron chi connectivity index (χ4n) is 1.99. The summed E-state index contributed by atoms with van der Waals surface area (Å²) in [5.74, 6) is 2.27. The number of nitrogens with zero attached hydrogens (tertiary/aromatic N) is 4. The van der Waals surface area contributed by atoms with Crippen LogP contribution in [0.5, 0.6) is 0 Å². The third-order valence-electron chi connectivity index (χ3n) is 3.38. The van der Waals surface area contributed by atoms with Crippen molar-refractivity contribution in [2.45, 2.75) is 44.2 Å². The lowest BCUT2D eigenvalue weighted by Gasteiger charge is -2.01. The van der Waals surface area contributed by atoms with Crippen LogP contribution in [0.15, 0.2) is 12.4 Å². The molecule has 2 fully saturated rings.